The van der Waals surface area contributed by atoms with E-state index in [9.17, 15) is 4.79 Å². The number of aromatic amines is 1. The summed E-state index contributed by atoms with van der Waals surface area (Å²) in [6.45, 7) is 4.79. The van der Waals surface area contributed by atoms with Crippen LogP contribution >= 0.6 is 0 Å². The second-order valence-electron chi connectivity index (χ2n) is 5.80. The standard InChI is InChI=1S/C19H19N3O/c1-3-22(12-13(2)11-20)19(23)18-10-16-15-7-5-4-6-14(15)8-9-17(16)21-18/h4-10,13,21H,3,12H2,1-2H3. The lowest BCUT2D eigenvalue weighted by atomic mass is 10.1. The van der Waals surface area contributed by atoms with Gasteiger partial charge in [0.15, 0.2) is 0 Å². The largest absolute Gasteiger partial charge is 0.351 e. The Kier molecular flexibility index (Phi) is 4.03. The number of nitrogens with zero attached hydrogens (tertiary/aromatic N) is 2. The van der Waals surface area contributed by atoms with Crippen molar-refractivity contribution in [2.24, 2.45) is 5.92 Å². The molecule has 3 aromatic rings. The van der Waals surface area contributed by atoms with E-state index < -0.39 is 0 Å². The van der Waals surface area contributed by atoms with E-state index in [0.29, 0.717) is 18.8 Å². The molecule has 0 fully saturated rings. The Bertz CT molecular complexity index is 904. The third-order valence-corrected chi connectivity index (χ3v) is 4.14. The first kappa shape index (κ1) is 15.1. The SMILES string of the molecule is CCN(CC(C)C#N)C(=O)c1cc2c(ccc3ccccc32)[nH]1. The van der Waals surface area contributed by atoms with E-state index in [1.807, 2.05) is 38.1 Å². The molecule has 1 heterocycles. The van der Waals surface area contributed by atoms with E-state index in [1.165, 1.54) is 0 Å². The average molecular weight is 305 g/mol. The Morgan fingerprint density at radius 1 is 1.26 bits per heavy atom. The fourth-order valence-electron chi connectivity index (χ4n) is 2.90. The van der Waals surface area contributed by atoms with Gasteiger partial charge in [-0.15, -0.1) is 0 Å². The number of hydrogen-bond donors (Lipinski definition) is 1. The number of nitriles is 1. The first-order valence-electron chi connectivity index (χ1n) is 7.83. The lowest BCUT2D eigenvalue weighted by Gasteiger charge is -2.21. The fourth-order valence-corrected chi connectivity index (χ4v) is 2.90. The van der Waals surface area contributed by atoms with Crippen LogP contribution in [0.25, 0.3) is 21.7 Å². The Morgan fingerprint density at radius 2 is 2.04 bits per heavy atom. The minimum absolute atomic E-state index is 0.0603. The van der Waals surface area contributed by atoms with Crippen LogP contribution in [0.15, 0.2) is 42.5 Å². The third-order valence-electron chi connectivity index (χ3n) is 4.14. The average Bonchev–Trinajstić information content (AvgIpc) is 3.03. The van der Waals surface area contributed by atoms with E-state index in [-0.39, 0.29) is 11.8 Å². The van der Waals surface area contributed by atoms with Gasteiger partial charge < -0.3 is 9.88 Å². The molecule has 4 nitrogen and oxygen atoms in total. The summed E-state index contributed by atoms with van der Waals surface area (Å²) in [5.41, 5.74) is 1.53. The summed E-state index contributed by atoms with van der Waals surface area (Å²) in [4.78, 5) is 17.6. The molecule has 1 N–H and O–H groups in total. The molecule has 0 aliphatic rings. The van der Waals surface area contributed by atoms with Gasteiger partial charge in [0.1, 0.15) is 5.69 Å². The molecule has 2 aromatic carbocycles. The first-order chi connectivity index (χ1) is 11.1. The summed E-state index contributed by atoms with van der Waals surface area (Å²) in [7, 11) is 0. The number of nitrogens with one attached hydrogen (secondary N) is 1. The number of amides is 1. The molecule has 116 valence electrons. The Labute approximate surface area is 135 Å². The van der Waals surface area contributed by atoms with Crippen LogP contribution in [0.1, 0.15) is 24.3 Å². The van der Waals surface area contributed by atoms with Gasteiger partial charge in [-0.1, -0.05) is 30.3 Å². The Hall–Kier alpha value is -2.80. The number of rotatable bonds is 4. The predicted octanol–water partition coefficient (Wildman–Crippen LogP) is 3.94. The molecule has 0 aliphatic carbocycles. The zero-order valence-corrected chi connectivity index (χ0v) is 13.3. The van der Waals surface area contributed by atoms with Gasteiger partial charge >= 0.3 is 0 Å². The second-order valence-corrected chi connectivity index (χ2v) is 5.80. The van der Waals surface area contributed by atoms with Crippen LogP contribution in [-0.2, 0) is 0 Å². The number of benzene rings is 2. The van der Waals surface area contributed by atoms with Crippen molar-refractivity contribution < 1.29 is 4.79 Å². The molecule has 1 amide bonds. The lowest BCUT2D eigenvalue weighted by Crippen LogP contribution is -2.34. The second kappa shape index (κ2) is 6.13. The Balaban J connectivity index is 2.01. The van der Waals surface area contributed by atoms with Gasteiger partial charge in [-0.05, 0) is 36.8 Å². The monoisotopic (exact) mass is 305 g/mol. The van der Waals surface area contributed by atoms with Gasteiger partial charge in [0.2, 0.25) is 0 Å². The molecule has 0 spiro atoms. The highest BCUT2D eigenvalue weighted by atomic mass is 16.2. The van der Waals surface area contributed by atoms with Crippen LogP contribution < -0.4 is 0 Å². The molecular weight excluding hydrogens is 286 g/mol. The Morgan fingerprint density at radius 3 is 2.78 bits per heavy atom. The smallest absolute Gasteiger partial charge is 0.270 e. The predicted molar refractivity (Wildman–Crippen MR) is 92.2 cm³/mol. The fraction of sp³-hybridized carbons (Fsp3) is 0.263. The van der Waals surface area contributed by atoms with Crippen molar-refractivity contribution in [1.29, 1.82) is 5.26 Å². The molecule has 0 saturated heterocycles. The summed E-state index contributed by atoms with van der Waals surface area (Å²) < 4.78 is 0. The van der Waals surface area contributed by atoms with E-state index in [2.05, 4.69) is 29.3 Å². The highest BCUT2D eigenvalue weighted by molar-refractivity contribution is 6.09. The maximum absolute atomic E-state index is 12.7. The van der Waals surface area contributed by atoms with Crippen LogP contribution in [0.2, 0.25) is 0 Å². The zero-order valence-electron chi connectivity index (χ0n) is 13.3. The molecule has 3 rings (SSSR count). The molecule has 23 heavy (non-hydrogen) atoms. The summed E-state index contributed by atoms with van der Waals surface area (Å²) in [5.74, 6) is -0.237. The molecule has 4 heteroatoms. The van der Waals surface area contributed by atoms with Crippen LogP contribution in [0.4, 0.5) is 0 Å². The van der Waals surface area contributed by atoms with Crippen molar-refractivity contribution in [3.05, 3.63) is 48.2 Å². The highest BCUT2D eigenvalue weighted by Crippen LogP contribution is 2.26. The van der Waals surface area contributed by atoms with E-state index in [4.69, 9.17) is 5.26 Å². The van der Waals surface area contributed by atoms with Gasteiger partial charge in [-0.3, -0.25) is 4.79 Å². The molecule has 0 radical (unpaired) electrons. The minimum atomic E-state index is -0.177. The summed E-state index contributed by atoms with van der Waals surface area (Å²) >= 11 is 0. The normalized spacial score (nSPS) is 12.2. The van der Waals surface area contributed by atoms with Crippen LogP contribution in [0.5, 0.6) is 0 Å². The van der Waals surface area contributed by atoms with Crippen molar-refractivity contribution in [2.45, 2.75) is 13.8 Å². The van der Waals surface area contributed by atoms with Gasteiger partial charge in [-0.2, -0.15) is 5.26 Å². The third kappa shape index (κ3) is 2.78. The van der Waals surface area contributed by atoms with Crippen LogP contribution in [0.3, 0.4) is 0 Å². The molecule has 1 aromatic heterocycles. The van der Waals surface area contributed by atoms with Crippen molar-refractivity contribution in [3.63, 3.8) is 0 Å². The lowest BCUT2D eigenvalue weighted by molar-refractivity contribution is 0.0748. The van der Waals surface area contributed by atoms with E-state index in [1.54, 1.807) is 4.90 Å². The quantitative estimate of drug-likeness (QED) is 0.793. The molecular formula is C19H19N3O. The number of hydrogen-bond acceptors (Lipinski definition) is 2. The number of carbonyl (C=O) groups excluding carboxylic acids is 1. The summed E-state index contributed by atoms with van der Waals surface area (Å²) in [5, 5.41) is 12.3. The van der Waals surface area contributed by atoms with Crippen LogP contribution in [-0.4, -0.2) is 28.9 Å². The molecule has 1 unspecified atom stereocenters. The van der Waals surface area contributed by atoms with E-state index in [0.717, 1.165) is 21.7 Å². The summed E-state index contributed by atoms with van der Waals surface area (Å²) in [6, 6.07) is 16.3. The minimum Gasteiger partial charge on any atom is -0.351 e. The highest BCUT2D eigenvalue weighted by Gasteiger charge is 2.19. The van der Waals surface area contributed by atoms with E-state index >= 15 is 0 Å². The maximum atomic E-state index is 12.7. The molecule has 0 bridgehead atoms. The number of fused-ring (bicyclic) bond motifs is 3. The van der Waals surface area contributed by atoms with Gasteiger partial charge in [0.05, 0.1) is 12.0 Å². The maximum Gasteiger partial charge on any atom is 0.270 e. The first-order valence-corrected chi connectivity index (χ1v) is 7.83. The molecule has 1 atom stereocenters. The number of H-pyrrole nitrogens is 1. The van der Waals surface area contributed by atoms with Crippen LogP contribution in [0, 0.1) is 17.2 Å². The summed E-state index contributed by atoms with van der Waals surface area (Å²) in [6.07, 6.45) is 0. The topological polar surface area (TPSA) is 59.9 Å². The van der Waals surface area contributed by atoms with Crippen molar-refractivity contribution in [1.82, 2.24) is 9.88 Å². The molecule has 0 aliphatic heterocycles. The van der Waals surface area contributed by atoms with Crippen molar-refractivity contribution >= 4 is 27.6 Å². The van der Waals surface area contributed by atoms with Crippen molar-refractivity contribution in [3.8, 4) is 6.07 Å². The number of carbonyl (C=O) groups is 1. The van der Waals surface area contributed by atoms with Gasteiger partial charge in [-0.25, -0.2) is 0 Å². The molecule has 0 saturated carbocycles. The van der Waals surface area contributed by atoms with Crippen molar-refractivity contribution in [2.75, 3.05) is 13.1 Å². The number of aromatic nitrogens is 1. The zero-order chi connectivity index (χ0) is 16.4. The van der Waals surface area contributed by atoms with Gasteiger partial charge in [0, 0.05) is 24.0 Å². The van der Waals surface area contributed by atoms with Gasteiger partial charge in [0.25, 0.3) is 5.91 Å².